The van der Waals surface area contributed by atoms with Crippen LogP contribution >= 0.6 is 0 Å². The third-order valence-electron chi connectivity index (χ3n) is 5.78. The molecule has 2 aromatic rings. The molecule has 2 aliphatic heterocycles. The zero-order valence-corrected chi connectivity index (χ0v) is 18.1. The monoisotopic (exact) mass is 456 g/mol. The summed E-state index contributed by atoms with van der Waals surface area (Å²) in [5.74, 6) is 0.0126. The first kappa shape index (κ1) is 23.1. The van der Waals surface area contributed by atoms with Crippen molar-refractivity contribution in [2.45, 2.75) is 25.4 Å². The third kappa shape index (κ3) is 6.48. The van der Waals surface area contributed by atoms with Gasteiger partial charge in [-0.3, -0.25) is 14.6 Å². The molecule has 174 valence electrons. The molecule has 0 aromatic heterocycles. The summed E-state index contributed by atoms with van der Waals surface area (Å²) in [6.45, 7) is 2.36. The van der Waals surface area contributed by atoms with E-state index in [1.165, 1.54) is 0 Å². The lowest BCUT2D eigenvalue weighted by Gasteiger charge is -2.46. The number of hydrogen-bond donors (Lipinski definition) is 1. The van der Waals surface area contributed by atoms with Gasteiger partial charge in [-0.25, -0.2) is 0 Å². The SMILES string of the molecule is N#Cc1ccc(C(=O)NCCN2CC3CN(Cc4ccc(OC(F)F)cc4)CC(C2)O3)cc1. The number of ether oxygens (including phenoxy) is 2. The zero-order valence-electron chi connectivity index (χ0n) is 18.1. The number of morpholine rings is 2. The van der Waals surface area contributed by atoms with Crippen LogP contribution in [0.5, 0.6) is 5.75 Å². The van der Waals surface area contributed by atoms with E-state index in [1.54, 1.807) is 36.4 Å². The summed E-state index contributed by atoms with van der Waals surface area (Å²) in [7, 11) is 0. The van der Waals surface area contributed by atoms with Gasteiger partial charge in [-0.2, -0.15) is 14.0 Å². The van der Waals surface area contributed by atoms with Crippen LogP contribution in [0.1, 0.15) is 21.5 Å². The summed E-state index contributed by atoms with van der Waals surface area (Å²) in [4.78, 5) is 16.9. The first-order valence-electron chi connectivity index (χ1n) is 10.9. The molecule has 0 spiro atoms. The predicted octanol–water partition coefficient (Wildman–Crippen LogP) is 2.47. The molecule has 2 bridgehead atoms. The summed E-state index contributed by atoms with van der Waals surface area (Å²) < 4.78 is 35.1. The Morgan fingerprint density at radius 1 is 1.06 bits per heavy atom. The van der Waals surface area contributed by atoms with Gasteiger partial charge in [-0.15, -0.1) is 0 Å². The van der Waals surface area contributed by atoms with Gasteiger partial charge in [0.25, 0.3) is 5.91 Å². The van der Waals surface area contributed by atoms with Crippen molar-refractivity contribution in [3.63, 3.8) is 0 Å². The lowest BCUT2D eigenvalue weighted by molar-refractivity contribution is -0.139. The Bertz CT molecular complexity index is 965. The Kier molecular flexibility index (Phi) is 7.50. The number of benzene rings is 2. The van der Waals surface area contributed by atoms with Gasteiger partial charge in [-0.05, 0) is 42.0 Å². The Balaban J connectivity index is 1.21. The van der Waals surface area contributed by atoms with Gasteiger partial charge in [-0.1, -0.05) is 12.1 Å². The van der Waals surface area contributed by atoms with Crippen LogP contribution in [0.15, 0.2) is 48.5 Å². The van der Waals surface area contributed by atoms with Crippen LogP contribution < -0.4 is 10.1 Å². The molecule has 0 saturated carbocycles. The summed E-state index contributed by atoms with van der Waals surface area (Å²) in [5, 5.41) is 11.8. The minimum absolute atomic E-state index is 0.0909. The second-order valence-electron chi connectivity index (χ2n) is 8.30. The van der Waals surface area contributed by atoms with Gasteiger partial charge < -0.3 is 14.8 Å². The third-order valence-corrected chi connectivity index (χ3v) is 5.78. The van der Waals surface area contributed by atoms with E-state index in [4.69, 9.17) is 10.00 Å². The van der Waals surface area contributed by atoms with Crippen LogP contribution in [0.25, 0.3) is 0 Å². The highest BCUT2D eigenvalue weighted by molar-refractivity contribution is 5.94. The number of alkyl halides is 2. The van der Waals surface area contributed by atoms with Crippen molar-refractivity contribution >= 4 is 5.91 Å². The normalized spacial score (nSPS) is 20.9. The summed E-state index contributed by atoms with van der Waals surface area (Å²) in [6.07, 6.45) is 0.182. The summed E-state index contributed by atoms with van der Waals surface area (Å²) in [6, 6.07) is 15.4. The van der Waals surface area contributed by atoms with E-state index in [-0.39, 0.29) is 23.9 Å². The van der Waals surface area contributed by atoms with Crippen LogP contribution in [-0.4, -0.2) is 73.8 Å². The van der Waals surface area contributed by atoms with Gasteiger partial charge in [0.15, 0.2) is 0 Å². The number of carbonyl (C=O) groups excluding carboxylic acids is 1. The molecule has 4 rings (SSSR count). The number of nitriles is 1. The van der Waals surface area contributed by atoms with E-state index in [2.05, 4.69) is 19.9 Å². The maximum atomic E-state index is 12.3. The quantitative estimate of drug-likeness (QED) is 0.658. The molecule has 2 atom stereocenters. The number of amides is 1. The Hall–Kier alpha value is -3.06. The molecule has 2 fully saturated rings. The Labute approximate surface area is 191 Å². The van der Waals surface area contributed by atoms with E-state index in [1.807, 2.05) is 18.2 Å². The minimum atomic E-state index is -2.82. The summed E-state index contributed by atoms with van der Waals surface area (Å²) in [5.41, 5.74) is 2.11. The molecule has 2 heterocycles. The van der Waals surface area contributed by atoms with E-state index in [9.17, 15) is 13.6 Å². The van der Waals surface area contributed by atoms with E-state index in [0.29, 0.717) is 17.7 Å². The highest BCUT2D eigenvalue weighted by Gasteiger charge is 2.34. The first-order valence-corrected chi connectivity index (χ1v) is 10.9. The number of halogens is 2. The van der Waals surface area contributed by atoms with Crippen LogP contribution in [-0.2, 0) is 11.3 Å². The molecule has 33 heavy (non-hydrogen) atoms. The molecule has 2 aliphatic rings. The van der Waals surface area contributed by atoms with Crippen molar-refractivity contribution in [2.75, 3.05) is 39.3 Å². The fourth-order valence-corrected chi connectivity index (χ4v) is 4.33. The van der Waals surface area contributed by atoms with E-state index in [0.717, 1.165) is 44.8 Å². The van der Waals surface area contributed by atoms with E-state index < -0.39 is 6.61 Å². The highest BCUT2D eigenvalue weighted by Crippen LogP contribution is 2.22. The maximum Gasteiger partial charge on any atom is 0.387 e. The van der Waals surface area contributed by atoms with Gasteiger partial charge in [0.05, 0.1) is 23.8 Å². The van der Waals surface area contributed by atoms with Crippen LogP contribution in [0.2, 0.25) is 0 Å². The van der Waals surface area contributed by atoms with Gasteiger partial charge in [0, 0.05) is 51.4 Å². The number of rotatable bonds is 8. The molecule has 1 amide bonds. The average molecular weight is 456 g/mol. The topological polar surface area (TPSA) is 77.8 Å². The van der Waals surface area contributed by atoms with Crippen molar-refractivity contribution in [2.24, 2.45) is 0 Å². The highest BCUT2D eigenvalue weighted by atomic mass is 19.3. The van der Waals surface area contributed by atoms with Crippen LogP contribution in [0.3, 0.4) is 0 Å². The van der Waals surface area contributed by atoms with Crippen molar-refractivity contribution in [1.29, 1.82) is 5.26 Å². The number of hydrogen-bond acceptors (Lipinski definition) is 6. The Morgan fingerprint density at radius 2 is 1.70 bits per heavy atom. The molecule has 0 aliphatic carbocycles. The number of fused-ring (bicyclic) bond motifs is 2. The number of nitrogens with one attached hydrogen (secondary N) is 1. The molecule has 7 nitrogen and oxygen atoms in total. The molecule has 0 radical (unpaired) electrons. The van der Waals surface area contributed by atoms with Gasteiger partial charge >= 0.3 is 6.61 Å². The molecule has 9 heteroatoms. The van der Waals surface area contributed by atoms with Crippen LogP contribution in [0.4, 0.5) is 8.78 Å². The average Bonchev–Trinajstić information content (AvgIpc) is 2.79. The molecule has 1 N–H and O–H groups in total. The summed E-state index contributed by atoms with van der Waals surface area (Å²) >= 11 is 0. The second-order valence-corrected chi connectivity index (χ2v) is 8.30. The minimum Gasteiger partial charge on any atom is -0.435 e. The molecular formula is C24H26F2N4O3. The molecule has 2 unspecified atom stereocenters. The molecule has 2 aromatic carbocycles. The maximum absolute atomic E-state index is 12.3. The fourth-order valence-electron chi connectivity index (χ4n) is 4.33. The number of nitrogens with zero attached hydrogens (tertiary/aromatic N) is 3. The Morgan fingerprint density at radius 3 is 2.30 bits per heavy atom. The van der Waals surface area contributed by atoms with Crippen molar-refractivity contribution < 1.29 is 23.0 Å². The van der Waals surface area contributed by atoms with Gasteiger partial charge in [0.2, 0.25) is 0 Å². The van der Waals surface area contributed by atoms with Crippen molar-refractivity contribution in [3.05, 3.63) is 65.2 Å². The first-order chi connectivity index (χ1) is 16.0. The fraction of sp³-hybridized carbons (Fsp3) is 0.417. The lowest BCUT2D eigenvalue weighted by Crippen LogP contribution is -2.59. The molecular weight excluding hydrogens is 430 g/mol. The van der Waals surface area contributed by atoms with Crippen LogP contribution in [0, 0.1) is 11.3 Å². The van der Waals surface area contributed by atoms with E-state index >= 15 is 0 Å². The number of carbonyl (C=O) groups is 1. The van der Waals surface area contributed by atoms with Crippen molar-refractivity contribution in [3.8, 4) is 11.8 Å². The molecule has 2 saturated heterocycles. The largest absolute Gasteiger partial charge is 0.435 e. The second kappa shape index (κ2) is 10.7. The lowest BCUT2D eigenvalue weighted by atomic mass is 10.1. The van der Waals surface area contributed by atoms with Gasteiger partial charge in [0.1, 0.15) is 5.75 Å². The standard InChI is InChI=1S/C24H26F2N4O3/c25-24(26)33-20-7-3-18(4-8-20)12-30-15-21-13-29(14-22(16-30)32-21)10-9-28-23(31)19-5-1-17(11-27)2-6-19/h1-8,21-22,24H,9-10,12-16H2,(H,28,31). The smallest absolute Gasteiger partial charge is 0.387 e. The van der Waals surface area contributed by atoms with Crippen molar-refractivity contribution in [1.82, 2.24) is 15.1 Å². The predicted molar refractivity (Wildman–Crippen MR) is 117 cm³/mol. The zero-order chi connectivity index (χ0) is 23.2.